The van der Waals surface area contributed by atoms with Gasteiger partial charge >= 0.3 is 6.09 Å². The molecular formula is C17H17ClN2O3. The Balaban J connectivity index is 1.92. The van der Waals surface area contributed by atoms with Crippen molar-refractivity contribution in [3.05, 3.63) is 64.7 Å². The molecule has 0 aliphatic rings. The van der Waals surface area contributed by atoms with Gasteiger partial charge in [-0.2, -0.15) is 0 Å². The standard InChI is InChI=1S/C17H17ClN2O3/c1-2-23-17(22)20-14-9-7-12(8-10-14)16(21)19-11-13-5-3-4-6-15(13)18/h3-10H,2,11H2,1H3,(H,19,21)(H,20,22). The zero-order chi connectivity index (χ0) is 16.7. The Kier molecular flexibility index (Phi) is 6.00. The molecule has 5 nitrogen and oxygen atoms in total. The second kappa shape index (κ2) is 8.19. The van der Waals surface area contributed by atoms with E-state index in [1.807, 2.05) is 18.2 Å². The van der Waals surface area contributed by atoms with E-state index in [0.717, 1.165) is 5.56 Å². The van der Waals surface area contributed by atoms with Crippen molar-refractivity contribution in [3.8, 4) is 0 Å². The lowest BCUT2D eigenvalue weighted by molar-refractivity contribution is 0.0951. The molecule has 0 aromatic heterocycles. The van der Waals surface area contributed by atoms with Crippen LogP contribution in [-0.2, 0) is 11.3 Å². The van der Waals surface area contributed by atoms with Crippen molar-refractivity contribution in [2.45, 2.75) is 13.5 Å². The predicted molar refractivity (Wildman–Crippen MR) is 89.7 cm³/mol. The molecule has 23 heavy (non-hydrogen) atoms. The van der Waals surface area contributed by atoms with Gasteiger partial charge in [0, 0.05) is 22.8 Å². The van der Waals surface area contributed by atoms with Gasteiger partial charge in [-0.15, -0.1) is 0 Å². The Morgan fingerprint density at radius 3 is 2.43 bits per heavy atom. The molecule has 0 unspecified atom stereocenters. The molecule has 2 rings (SSSR count). The minimum atomic E-state index is -0.525. The van der Waals surface area contributed by atoms with Gasteiger partial charge in [-0.3, -0.25) is 10.1 Å². The molecule has 0 heterocycles. The lowest BCUT2D eigenvalue weighted by atomic mass is 10.1. The summed E-state index contributed by atoms with van der Waals surface area (Å²) in [5, 5.41) is 5.98. The van der Waals surface area contributed by atoms with E-state index < -0.39 is 6.09 Å². The molecule has 0 saturated carbocycles. The fraction of sp³-hybridized carbons (Fsp3) is 0.176. The highest BCUT2D eigenvalue weighted by molar-refractivity contribution is 6.31. The largest absolute Gasteiger partial charge is 0.450 e. The quantitative estimate of drug-likeness (QED) is 0.874. The second-order valence-electron chi connectivity index (χ2n) is 4.70. The molecule has 0 fully saturated rings. The summed E-state index contributed by atoms with van der Waals surface area (Å²) in [5.74, 6) is -0.215. The van der Waals surface area contributed by atoms with Crippen LogP contribution in [0.2, 0.25) is 5.02 Å². The van der Waals surface area contributed by atoms with Gasteiger partial charge in [0.25, 0.3) is 5.91 Å². The first-order valence-corrected chi connectivity index (χ1v) is 7.53. The van der Waals surface area contributed by atoms with Crippen molar-refractivity contribution in [2.24, 2.45) is 0 Å². The van der Waals surface area contributed by atoms with Crippen molar-refractivity contribution < 1.29 is 14.3 Å². The molecule has 2 aromatic rings. The lowest BCUT2D eigenvalue weighted by Crippen LogP contribution is -2.23. The number of ether oxygens (including phenoxy) is 1. The average molecular weight is 333 g/mol. The summed E-state index contributed by atoms with van der Waals surface area (Å²) in [5.41, 5.74) is 1.90. The van der Waals surface area contributed by atoms with E-state index in [1.165, 1.54) is 0 Å². The van der Waals surface area contributed by atoms with E-state index in [0.29, 0.717) is 29.4 Å². The van der Waals surface area contributed by atoms with Crippen LogP contribution in [0.3, 0.4) is 0 Å². The smallest absolute Gasteiger partial charge is 0.411 e. The minimum absolute atomic E-state index is 0.215. The van der Waals surface area contributed by atoms with Crippen LogP contribution in [0.25, 0.3) is 0 Å². The molecule has 0 spiro atoms. The number of hydrogen-bond donors (Lipinski definition) is 2. The molecule has 2 N–H and O–H groups in total. The summed E-state index contributed by atoms with van der Waals surface area (Å²) < 4.78 is 4.78. The van der Waals surface area contributed by atoms with Gasteiger partial charge in [0.05, 0.1) is 6.61 Å². The fourth-order valence-corrected chi connectivity index (χ4v) is 2.11. The van der Waals surface area contributed by atoms with E-state index in [-0.39, 0.29) is 5.91 Å². The number of halogens is 1. The Bertz CT molecular complexity index is 686. The van der Waals surface area contributed by atoms with Crippen molar-refractivity contribution in [2.75, 3.05) is 11.9 Å². The highest BCUT2D eigenvalue weighted by Gasteiger charge is 2.07. The summed E-state index contributed by atoms with van der Waals surface area (Å²) in [6.45, 7) is 2.38. The zero-order valence-corrected chi connectivity index (χ0v) is 13.4. The monoisotopic (exact) mass is 332 g/mol. The third-order valence-electron chi connectivity index (χ3n) is 3.07. The number of carbonyl (C=O) groups excluding carboxylic acids is 2. The van der Waals surface area contributed by atoms with Gasteiger partial charge in [0.15, 0.2) is 0 Å². The first kappa shape index (κ1) is 16.8. The molecule has 6 heteroatoms. The maximum Gasteiger partial charge on any atom is 0.411 e. The van der Waals surface area contributed by atoms with Gasteiger partial charge < -0.3 is 10.1 Å². The van der Waals surface area contributed by atoms with Gasteiger partial charge in [0.1, 0.15) is 0 Å². The van der Waals surface area contributed by atoms with Crippen molar-refractivity contribution in [1.82, 2.24) is 5.32 Å². The maximum absolute atomic E-state index is 12.1. The van der Waals surface area contributed by atoms with Crippen LogP contribution >= 0.6 is 11.6 Å². The fourth-order valence-electron chi connectivity index (χ4n) is 1.91. The number of carbonyl (C=O) groups is 2. The first-order chi connectivity index (χ1) is 11.1. The van der Waals surface area contributed by atoms with Crippen LogP contribution < -0.4 is 10.6 Å². The third kappa shape index (κ3) is 5.00. The zero-order valence-electron chi connectivity index (χ0n) is 12.6. The van der Waals surface area contributed by atoms with E-state index in [4.69, 9.17) is 16.3 Å². The highest BCUT2D eigenvalue weighted by Crippen LogP contribution is 2.15. The number of benzene rings is 2. The van der Waals surface area contributed by atoms with Crippen LogP contribution in [0.5, 0.6) is 0 Å². The van der Waals surface area contributed by atoms with Crippen LogP contribution in [0.4, 0.5) is 10.5 Å². The molecule has 0 aliphatic heterocycles. The molecule has 0 atom stereocenters. The van der Waals surface area contributed by atoms with Crippen LogP contribution in [0.1, 0.15) is 22.8 Å². The predicted octanol–water partition coefficient (Wildman–Crippen LogP) is 3.84. The van der Waals surface area contributed by atoms with Crippen molar-refractivity contribution >= 4 is 29.3 Å². The minimum Gasteiger partial charge on any atom is -0.450 e. The van der Waals surface area contributed by atoms with E-state index >= 15 is 0 Å². The molecule has 0 bridgehead atoms. The number of hydrogen-bond acceptors (Lipinski definition) is 3. The van der Waals surface area contributed by atoms with Crippen molar-refractivity contribution in [3.63, 3.8) is 0 Å². The number of rotatable bonds is 5. The van der Waals surface area contributed by atoms with Crippen LogP contribution in [-0.4, -0.2) is 18.6 Å². The van der Waals surface area contributed by atoms with Gasteiger partial charge in [-0.1, -0.05) is 29.8 Å². The van der Waals surface area contributed by atoms with Gasteiger partial charge in [-0.25, -0.2) is 4.79 Å². The summed E-state index contributed by atoms with van der Waals surface area (Å²) in [4.78, 5) is 23.4. The Morgan fingerprint density at radius 1 is 1.09 bits per heavy atom. The Morgan fingerprint density at radius 2 is 1.78 bits per heavy atom. The molecule has 120 valence electrons. The summed E-state index contributed by atoms with van der Waals surface area (Å²) in [6.07, 6.45) is -0.525. The molecule has 0 radical (unpaired) electrons. The summed E-state index contributed by atoms with van der Waals surface area (Å²) in [7, 11) is 0. The first-order valence-electron chi connectivity index (χ1n) is 7.15. The van der Waals surface area contributed by atoms with Gasteiger partial charge in [0.2, 0.25) is 0 Å². The lowest BCUT2D eigenvalue weighted by Gasteiger charge is -2.08. The SMILES string of the molecule is CCOC(=O)Nc1ccc(C(=O)NCc2ccccc2Cl)cc1. The number of anilines is 1. The second-order valence-corrected chi connectivity index (χ2v) is 5.10. The highest BCUT2D eigenvalue weighted by atomic mass is 35.5. The third-order valence-corrected chi connectivity index (χ3v) is 3.43. The summed E-state index contributed by atoms with van der Waals surface area (Å²) >= 11 is 6.05. The Labute approximate surface area is 139 Å². The molecular weight excluding hydrogens is 316 g/mol. The molecule has 2 amide bonds. The number of amides is 2. The summed E-state index contributed by atoms with van der Waals surface area (Å²) in [6, 6.07) is 13.9. The number of nitrogens with one attached hydrogen (secondary N) is 2. The van der Waals surface area contributed by atoms with Crippen molar-refractivity contribution in [1.29, 1.82) is 0 Å². The van der Waals surface area contributed by atoms with Gasteiger partial charge in [-0.05, 0) is 42.8 Å². The molecule has 0 aliphatic carbocycles. The Hall–Kier alpha value is -2.53. The average Bonchev–Trinajstić information content (AvgIpc) is 2.55. The van der Waals surface area contributed by atoms with Crippen LogP contribution in [0.15, 0.2) is 48.5 Å². The van der Waals surface area contributed by atoms with E-state index in [2.05, 4.69) is 10.6 Å². The normalized spacial score (nSPS) is 10.0. The van der Waals surface area contributed by atoms with E-state index in [9.17, 15) is 9.59 Å². The molecule has 2 aromatic carbocycles. The molecule has 0 saturated heterocycles. The topological polar surface area (TPSA) is 67.4 Å². The van der Waals surface area contributed by atoms with E-state index in [1.54, 1.807) is 37.3 Å². The maximum atomic E-state index is 12.1. The van der Waals surface area contributed by atoms with Crippen LogP contribution in [0, 0.1) is 0 Å².